The molecule has 12 heavy (non-hydrogen) atoms. The van der Waals surface area contributed by atoms with Crippen LogP contribution in [-0.2, 0) is 0 Å². The maximum atomic E-state index is 3.42. The Morgan fingerprint density at radius 1 is 1.33 bits per heavy atom. The number of nitrogens with one attached hydrogen (secondary N) is 1. The highest BCUT2D eigenvalue weighted by Gasteiger charge is 2.32. The van der Waals surface area contributed by atoms with Gasteiger partial charge in [-0.15, -0.1) is 0 Å². The molecule has 0 aromatic carbocycles. The van der Waals surface area contributed by atoms with Crippen LogP contribution >= 0.6 is 0 Å². The van der Waals surface area contributed by atoms with E-state index in [9.17, 15) is 0 Å². The van der Waals surface area contributed by atoms with E-state index in [-0.39, 0.29) is 0 Å². The average Bonchev–Trinajstić information content (AvgIpc) is 2.01. The molecule has 0 aromatic heterocycles. The van der Waals surface area contributed by atoms with Gasteiger partial charge >= 0.3 is 0 Å². The van der Waals surface area contributed by atoms with Crippen molar-refractivity contribution < 1.29 is 0 Å². The first-order valence-electron chi connectivity index (χ1n) is 4.92. The molecule has 0 amide bonds. The van der Waals surface area contributed by atoms with E-state index >= 15 is 0 Å². The minimum atomic E-state index is 0.734. The van der Waals surface area contributed by atoms with Crippen molar-refractivity contribution in [1.82, 2.24) is 15.1 Å². The van der Waals surface area contributed by atoms with Crippen LogP contribution in [0.2, 0.25) is 0 Å². The number of piperazine rings is 1. The summed E-state index contributed by atoms with van der Waals surface area (Å²) in [5.41, 5.74) is 0. The maximum Gasteiger partial charge on any atom is 0.0354 e. The molecule has 3 heteroatoms. The SMILES string of the molecule is CC1CNCCN1C1CN(C)C1. The van der Waals surface area contributed by atoms with E-state index in [1.165, 1.54) is 32.7 Å². The topological polar surface area (TPSA) is 18.5 Å². The first-order valence-corrected chi connectivity index (χ1v) is 4.92. The second kappa shape index (κ2) is 3.32. The minimum absolute atomic E-state index is 0.734. The summed E-state index contributed by atoms with van der Waals surface area (Å²) in [5.74, 6) is 0. The second-order valence-corrected chi connectivity index (χ2v) is 4.17. The largest absolute Gasteiger partial charge is 0.314 e. The van der Waals surface area contributed by atoms with E-state index in [0.29, 0.717) is 0 Å². The van der Waals surface area contributed by atoms with Crippen molar-refractivity contribution in [3.63, 3.8) is 0 Å². The van der Waals surface area contributed by atoms with Gasteiger partial charge in [0.25, 0.3) is 0 Å². The zero-order valence-corrected chi connectivity index (χ0v) is 8.08. The van der Waals surface area contributed by atoms with Crippen molar-refractivity contribution in [2.24, 2.45) is 0 Å². The number of hydrogen-bond acceptors (Lipinski definition) is 3. The van der Waals surface area contributed by atoms with Gasteiger partial charge in [-0.2, -0.15) is 0 Å². The van der Waals surface area contributed by atoms with Crippen molar-refractivity contribution in [1.29, 1.82) is 0 Å². The van der Waals surface area contributed by atoms with Crippen molar-refractivity contribution in [3.8, 4) is 0 Å². The Bertz CT molecular complexity index is 154. The van der Waals surface area contributed by atoms with Gasteiger partial charge in [0.1, 0.15) is 0 Å². The Morgan fingerprint density at radius 2 is 2.08 bits per heavy atom. The van der Waals surface area contributed by atoms with Crippen LogP contribution in [0.5, 0.6) is 0 Å². The fraction of sp³-hybridized carbons (Fsp3) is 1.00. The molecule has 0 aromatic rings. The van der Waals surface area contributed by atoms with Crippen LogP contribution in [-0.4, -0.2) is 61.7 Å². The summed E-state index contributed by atoms with van der Waals surface area (Å²) in [6, 6.07) is 1.57. The molecule has 2 heterocycles. The lowest BCUT2D eigenvalue weighted by Crippen LogP contribution is -2.64. The third-order valence-electron chi connectivity index (χ3n) is 3.07. The van der Waals surface area contributed by atoms with Crippen LogP contribution in [0.15, 0.2) is 0 Å². The minimum Gasteiger partial charge on any atom is -0.314 e. The summed E-state index contributed by atoms with van der Waals surface area (Å²) in [7, 11) is 2.20. The number of rotatable bonds is 1. The monoisotopic (exact) mass is 169 g/mol. The summed E-state index contributed by atoms with van der Waals surface area (Å²) >= 11 is 0. The Labute approximate surface area is 74.7 Å². The van der Waals surface area contributed by atoms with Crippen LogP contribution in [0.3, 0.4) is 0 Å². The average molecular weight is 169 g/mol. The number of likely N-dealkylation sites (tertiary alicyclic amines) is 1. The van der Waals surface area contributed by atoms with Crippen LogP contribution in [0.1, 0.15) is 6.92 Å². The molecule has 2 rings (SSSR count). The molecule has 2 saturated heterocycles. The summed E-state index contributed by atoms with van der Waals surface area (Å²) in [6.07, 6.45) is 0. The lowest BCUT2D eigenvalue weighted by molar-refractivity contribution is 0.0168. The number of hydrogen-bond donors (Lipinski definition) is 1. The van der Waals surface area contributed by atoms with Crippen LogP contribution in [0.4, 0.5) is 0 Å². The molecule has 70 valence electrons. The van der Waals surface area contributed by atoms with Gasteiger partial charge in [-0.05, 0) is 14.0 Å². The lowest BCUT2D eigenvalue weighted by atomic mass is 10.0. The molecular formula is C9H19N3. The highest BCUT2D eigenvalue weighted by molar-refractivity contribution is 4.90. The van der Waals surface area contributed by atoms with Crippen molar-refractivity contribution in [3.05, 3.63) is 0 Å². The van der Waals surface area contributed by atoms with E-state index in [2.05, 4.69) is 29.1 Å². The molecule has 0 spiro atoms. The van der Waals surface area contributed by atoms with E-state index < -0.39 is 0 Å². The summed E-state index contributed by atoms with van der Waals surface area (Å²) in [5, 5.41) is 3.42. The van der Waals surface area contributed by atoms with Crippen molar-refractivity contribution in [2.75, 3.05) is 39.8 Å². The van der Waals surface area contributed by atoms with Gasteiger partial charge in [-0.1, -0.05) is 0 Å². The Kier molecular flexibility index (Phi) is 2.35. The van der Waals surface area contributed by atoms with Crippen LogP contribution in [0.25, 0.3) is 0 Å². The Morgan fingerprint density at radius 3 is 2.67 bits per heavy atom. The van der Waals surface area contributed by atoms with Gasteiger partial charge in [-0.25, -0.2) is 0 Å². The van der Waals surface area contributed by atoms with E-state index in [0.717, 1.165) is 12.1 Å². The van der Waals surface area contributed by atoms with Gasteiger partial charge in [-0.3, -0.25) is 4.90 Å². The fourth-order valence-electron chi connectivity index (χ4n) is 2.28. The summed E-state index contributed by atoms with van der Waals surface area (Å²) < 4.78 is 0. The number of nitrogens with zero attached hydrogens (tertiary/aromatic N) is 2. The molecule has 0 saturated carbocycles. The zero-order valence-electron chi connectivity index (χ0n) is 8.08. The maximum absolute atomic E-state index is 3.42. The lowest BCUT2D eigenvalue weighted by Gasteiger charge is -2.48. The van der Waals surface area contributed by atoms with E-state index in [4.69, 9.17) is 0 Å². The summed E-state index contributed by atoms with van der Waals surface area (Å²) in [6.45, 7) is 8.43. The fourth-order valence-corrected chi connectivity index (χ4v) is 2.28. The predicted molar refractivity (Wildman–Crippen MR) is 50.3 cm³/mol. The third kappa shape index (κ3) is 1.49. The molecule has 2 aliphatic heterocycles. The molecule has 0 aliphatic carbocycles. The number of likely N-dealkylation sites (N-methyl/N-ethyl adjacent to an activating group) is 1. The molecule has 0 radical (unpaired) electrons. The Balaban J connectivity index is 1.85. The first kappa shape index (κ1) is 8.48. The second-order valence-electron chi connectivity index (χ2n) is 4.17. The molecule has 2 fully saturated rings. The third-order valence-corrected chi connectivity index (χ3v) is 3.07. The smallest absolute Gasteiger partial charge is 0.0354 e. The molecule has 1 N–H and O–H groups in total. The molecular weight excluding hydrogens is 150 g/mol. The van der Waals surface area contributed by atoms with Gasteiger partial charge in [0.15, 0.2) is 0 Å². The molecule has 0 bridgehead atoms. The Hall–Kier alpha value is -0.120. The van der Waals surface area contributed by atoms with Crippen molar-refractivity contribution in [2.45, 2.75) is 19.0 Å². The molecule has 3 nitrogen and oxygen atoms in total. The quantitative estimate of drug-likeness (QED) is 0.576. The van der Waals surface area contributed by atoms with Gasteiger partial charge in [0, 0.05) is 44.8 Å². The molecule has 1 unspecified atom stereocenters. The normalized spacial score (nSPS) is 35.0. The van der Waals surface area contributed by atoms with Crippen LogP contribution in [0, 0.1) is 0 Å². The molecule has 1 atom stereocenters. The van der Waals surface area contributed by atoms with E-state index in [1.54, 1.807) is 0 Å². The van der Waals surface area contributed by atoms with Crippen LogP contribution < -0.4 is 5.32 Å². The zero-order chi connectivity index (χ0) is 8.55. The van der Waals surface area contributed by atoms with E-state index in [1.807, 2.05) is 0 Å². The standard InChI is InChI=1S/C9H19N3/c1-8-5-10-3-4-12(8)9-6-11(2)7-9/h8-10H,3-7H2,1-2H3. The predicted octanol–water partition coefficient (Wildman–Crippen LogP) is -0.406. The van der Waals surface area contributed by atoms with Gasteiger partial charge in [0.2, 0.25) is 0 Å². The highest BCUT2D eigenvalue weighted by Crippen LogP contribution is 2.16. The van der Waals surface area contributed by atoms with Crippen molar-refractivity contribution >= 4 is 0 Å². The molecule has 2 aliphatic rings. The van der Waals surface area contributed by atoms with Gasteiger partial charge in [0.05, 0.1) is 0 Å². The first-order chi connectivity index (χ1) is 5.77. The summed E-state index contributed by atoms with van der Waals surface area (Å²) in [4.78, 5) is 5.04. The van der Waals surface area contributed by atoms with Gasteiger partial charge < -0.3 is 10.2 Å². The highest BCUT2D eigenvalue weighted by atomic mass is 15.3.